The molecule has 1 N–H and O–H groups in total. The van der Waals surface area contributed by atoms with E-state index in [4.69, 9.17) is 5.41 Å². The Morgan fingerprint density at radius 2 is 1.88 bits per heavy atom. The summed E-state index contributed by atoms with van der Waals surface area (Å²) in [5.74, 6) is 0. The van der Waals surface area contributed by atoms with Gasteiger partial charge in [0.1, 0.15) is 0 Å². The monoisotopic (exact) mass is 215 g/mol. The summed E-state index contributed by atoms with van der Waals surface area (Å²) >= 11 is 0. The molecule has 0 atom stereocenters. The largest absolute Gasteiger partial charge is 0.310 e. The van der Waals surface area contributed by atoms with Gasteiger partial charge in [-0.25, -0.2) is 0 Å². The van der Waals surface area contributed by atoms with E-state index in [1.165, 1.54) is 0 Å². The Kier molecular flexibility index (Phi) is 2.95. The molecule has 0 bridgehead atoms. The molecule has 0 spiro atoms. The predicted molar refractivity (Wildman–Crippen MR) is 66.3 cm³/mol. The minimum atomic E-state index is 0.558. The maximum atomic E-state index is 8.16. The number of rotatable bonds is 4. The Morgan fingerprint density at radius 1 is 1.25 bits per heavy atom. The van der Waals surface area contributed by atoms with E-state index in [9.17, 15) is 0 Å². The zero-order valence-corrected chi connectivity index (χ0v) is 9.61. The fourth-order valence-corrected chi connectivity index (χ4v) is 2.06. The number of hydrogen-bond donors (Lipinski definition) is 1. The van der Waals surface area contributed by atoms with Crippen LogP contribution in [0.15, 0.2) is 36.9 Å². The molecule has 0 saturated heterocycles. The van der Waals surface area contributed by atoms with Gasteiger partial charge in [-0.15, -0.1) is 6.58 Å². The van der Waals surface area contributed by atoms with Crippen LogP contribution in [0.1, 0.15) is 13.3 Å². The van der Waals surface area contributed by atoms with Crippen LogP contribution in [0.25, 0.3) is 11.0 Å². The highest BCUT2D eigenvalue weighted by atomic mass is 15.2. The molecule has 0 amide bonds. The normalized spacial score (nSPS) is 10.8. The van der Waals surface area contributed by atoms with Crippen molar-refractivity contribution in [1.29, 1.82) is 5.41 Å². The molecule has 3 nitrogen and oxygen atoms in total. The number of nitrogens with zero attached hydrogens (tertiary/aromatic N) is 2. The quantitative estimate of drug-likeness (QED) is 0.760. The van der Waals surface area contributed by atoms with Gasteiger partial charge < -0.3 is 9.13 Å². The van der Waals surface area contributed by atoms with Gasteiger partial charge in [0.25, 0.3) is 0 Å². The summed E-state index contributed by atoms with van der Waals surface area (Å²) in [5, 5.41) is 8.16. The van der Waals surface area contributed by atoms with E-state index in [0.717, 1.165) is 24.0 Å². The first-order valence-corrected chi connectivity index (χ1v) is 5.63. The third-order valence-electron chi connectivity index (χ3n) is 2.73. The van der Waals surface area contributed by atoms with Gasteiger partial charge in [-0.3, -0.25) is 5.41 Å². The van der Waals surface area contributed by atoms with Crippen LogP contribution in [0.3, 0.4) is 0 Å². The van der Waals surface area contributed by atoms with Crippen molar-refractivity contribution in [3.05, 3.63) is 42.5 Å². The number of aromatic nitrogens is 2. The highest BCUT2D eigenvalue weighted by Crippen LogP contribution is 2.12. The maximum Gasteiger partial charge on any atom is 0.203 e. The minimum absolute atomic E-state index is 0.558. The lowest BCUT2D eigenvalue weighted by atomic mass is 10.3. The molecule has 16 heavy (non-hydrogen) atoms. The third kappa shape index (κ3) is 1.58. The molecule has 1 aromatic carbocycles. The van der Waals surface area contributed by atoms with Crippen LogP contribution < -0.4 is 5.62 Å². The van der Waals surface area contributed by atoms with Gasteiger partial charge in [-0.05, 0) is 18.6 Å². The molecule has 1 heterocycles. The van der Waals surface area contributed by atoms with Crippen molar-refractivity contribution in [3.63, 3.8) is 0 Å². The summed E-state index contributed by atoms with van der Waals surface area (Å²) in [6.45, 7) is 7.46. The highest BCUT2D eigenvalue weighted by Gasteiger charge is 2.07. The first kappa shape index (κ1) is 10.7. The van der Waals surface area contributed by atoms with Crippen molar-refractivity contribution in [3.8, 4) is 0 Å². The molecule has 0 saturated carbocycles. The minimum Gasteiger partial charge on any atom is -0.310 e. The average Bonchev–Trinajstić information content (AvgIpc) is 2.56. The van der Waals surface area contributed by atoms with E-state index in [1.54, 1.807) is 0 Å². The standard InChI is InChI=1S/C13H17N3/c1-3-9-15-11-7-5-6-8-12(11)16(10-4-2)13(15)14/h3,5-8,14H,1,4,9-10H2,2H3. The van der Waals surface area contributed by atoms with Crippen LogP contribution in [-0.2, 0) is 13.1 Å². The second-order valence-electron chi connectivity index (χ2n) is 3.86. The number of imidazole rings is 1. The average molecular weight is 215 g/mol. The number of nitrogens with one attached hydrogen (secondary N) is 1. The van der Waals surface area contributed by atoms with Gasteiger partial charge in [-0.1, -0.05) is 25.1 Å². The molecule has 0 aliphatic heterocycles. The summed E-state index contributed by atoms with van der Waals surface area (Å²) in [7, 11) is 0. The van der Waals surface area contributed by atoms with Crippen LogP contribution in [-0.4, -0.2) is 9.13 Å². The van der Waals surface area contributed by atoms with Gasteiger partial charge in [0, 0.05) is 13.1 Å². The molecule has 84 valence electrons. The molecule has 0 fully saturated rings. The third-order valence-corrected chi connectivity index (χ3v) is 2.73. The molecule has 2 rings (SSSR count). The molecular weight excluding hydrogens is 198 g/mol. The smallest absolute Gasteiger partial charge is 0.203 e. The number of benzene rings is 1. The van der Waals surface area contributed by atoms with Gasteiger partial charge in [0.2, 0.25) is 5.62 Å². The fraction of sp³-hybridized carbons (Fsp3) is 0.308. The summed E-state index contributed by atoms with van der Waals surface area (Å²) in [6, 6.07) is 8.16. The molecule has 0 unspecified atom stereocenters. The summed E-state index contributed by atoms with van der Waals surface area (Å²) in [4.78, 5) is 0. The van der Waals surface area contributed by atoms with Gasteiger partial charge in [0.15, 0.2) is 0 Å². The summed E-state index contributed by atoms with van der Waals surface area (Å²) in [5.41, 5.74) is 2.81. The van der Waals surface area contributed by atoms with E-state index in [-0.39, 0.29) is 0 Å². The van der Waals surface area contributed by atoms with E-state index in [1.807, 2.05) is 22.8 Å². The first-order valence-electron chi connectivity index (χ1n) is 5.63. The highest BCUT2D eigenvalue weighted by molar-refractivity contribution is 5.75. The van der Waals surface area contributed by atoms with Crippen LogP contribution in [0, 0.1) is 5.41 Å². The second-order valence-corrected chi connectivity index (χ2v) is 3.86. The number of aryl methyl sites for hydroxylation is 1. The zero-order chi connectivity index (χ0) is 11.5. The van der Waals surface area contributed by atoms with Crippen molar-refractivity contribution < 1.29 is 0 Å². The number of allylic oxidation sites excluding steroid dienone is 1. The van der Waals surface area contributed by atoms with Crippen molar-refractivity contribution in [2.45, 2.75) is 26.4 Å². The summed E-state index contributed by atoms with van der Waals surface area (Å²) in [6.07, 6.45) is 2.87. The Bertz CT molecular complexity index is 560. The Labute approximate surface area is 95.1 Å². The summed E-state index contributed by atoms with van der Waals surface area (Å²) < 4.78 is 4.04. The predicted octanol–water partition coefficient (Wildman–Crippen LogP) is 2.52. The van der Waals surface area contributed by atoms with E-state index >= 15 is 0 Å². The van der Waals surface area contributed by atoms with E-state index in [2.05, 4.69) is 30.2 Å². The Balaban J connectivity index is 2.74. The first-order chi connectivity index (χ1) is 7.79. The second kappa shape index (κ2) is 4.39. The van der Waals surface area contributed by atoms with Crippen molar-refractivity contribution in [2.24, 2.45) is 0 Å². The van der Waals surface area contributed by atoms with E-state index < -0.39 is 0 Å². The van der Waals surface area contributed by atoms with Crippen LogP contribution >= 0.6 is 0 Å². The molecule has 0 aliphatic carbocycles. The Morgan fingerprint density at radius 3 is 2.44 bits per heavy atom. The van der Waals surface area contributed by atoms with E-state index in [0.29, 0.717) is 12.2 Å². The van der Waals surface area contributed by atoms with Crippen molar-refractivity contribution in [1.82, 2.24) is 9.13 Å². The topological polar surface area (TPSA) is 33.7 Å². The van der Waals surface area contributed by atoms with Gasteiger partial charge >= 0.3 is 0 Å². The molecule has 2 aromatic rings. The number of para-hydroxylation sites is 2. The molecule has 3 heteroatoms. The van der Waals surface area contributed by atoms with Gasteiger partial charge in [0.05, 0.1) is 11.0 Å². The number of hydrogen-bond acceptors (Lipinski definition) is 1. The van der Waals surface area contributed by atoms with Crippen molar-refractivity contribution in [2.75, 3.05) is 0 Å². The lowest BCUT2D eigenvalue weighted by Crippen LogP contribution is -2.24. The molecule has 1 aromatic heterocycles. The van der Waals surface area contributed by atoms with Crippen molar-refractivity contribution >= 4 is 11.0 Å². The Hall–Kier alpha value is -1.77. The van der Waals surface area contributed by atoms with Crippen LogP contribution in [0.2, 0.25) is 0 Å². The lowest BCUT2D eigenvalue weighted by molar-refractivity contribution is 0.616. The molecular formula is C13H17N3. The molecule has 0 aliphatic rings. The van der Waals surface area contributed by atoms with Gasteiger partial charge in [-0.2, -0.15) is 0 Å². The molecule has 0 radical (unpaired) electrons. The fourth-order valence-electron chi connectivity index (χ4n) is 2.06. The maximum absolute atomic E-state index is 8.16. The zero-order valence-electron chi connectivity index (χ0n) is 9.61. The SMILES string of the molecule is C=CCn1c(=N)n(CCC)c2ccccc21. The van der Waals surface area contributed by atoms with Crippen LogP contribution in [0.5, 0.6) is 0 Å². The van der Waals surface area contributed by atoms with Crippen LogP contribution in [0.4, 0.5) is 0 Å². The lowest BCUT2D eigenvalue weighted by Gasteiger charge is -2.00. The number of fused-ring (bicyclic) bond motifs is 1.